The number of rotatable bonds is 3. The minimum absolute atomic E-state index is 0.0355. The summed E-state index contributed by atoms with van der Waals surface area (Å²) in [6, 6.07) is 21.2. The van der Waals surface area contributed by atoms with Crippen molar-refractivity contribution >= 4 is 11.8 Å². The SMILES string of the molecule is COc1ccc2cc1OCCCNC(=O)CCc1cccc(c1)Oc1cc3c(cc1OC)C2N(C(=O)c1cccc(=O)[nH]1)CC3. The zero-order valence-corrected chi connectivity index (χ0v) is 25.3. The number of amides is 2. The molecule has 3 aliphatic rings. The molecule has 3 aromatic carbocycles. The number of aromatic amines is 1. The van der Waals surface area contributed by atoms with Crippen LogP contribution in [0.15, 0.2) is 77.6 Å². The Kier molecular flexibility index (Phi) is 8.72. The third kappa shape index (κ3) is 6.50. The number of aromatic nitrogens is 1. The summed E-state index contributed by atoms with van der Waals surface area (Å²) in [6.07, 6.45) is 2.09. The first-order chi connectivity index (χ1) is 21.9. The molecule has 3 aliphatic heterocycles. The van der Waals surface area contributed by atoms with Crippen LogP contribution < -0.4 is 29.8 Å². The number of hydrogen-bond donors (Lipinski definition) is 2. The van der Waals surface area contributed by atoms with Gasteiger partial charge in [-0.1, -0.05) is 24.3 Å². The van der Waals surface area contributed by atoms with Gasteiger partial charge in [-0.15, -0.1) is 0 Å². The fourth-order valence-electron chi connectivity index (χ4n) is 5.87. The zero-order chi connectivity index (χ0) is 31.3. The molecule has 0 saturated heterocycles. The molecule has 8 bridgehead atoms. The van der Waals surface area contributed by atoms with Crippen LogP contribution in [0.25, 0.3) is 0 Å². The Morgan fingerprint density at radius 2 is 1.73 bits per heavy atom. The van der Waals surface area contributed by atoms with Gasteiger partial charge < -0.3 is 34.1 Å². The highest BCUT2D eigenvalue weighted by molar-refractivity contribution is 5.93. The molecule has 10 heteroatoms. The molecule has 0 radical (unpaired) electrons. The van der Waals surface area contributed by atoms with Crippen LogP contribution in [0.5, 0.6) is 28.7 Å². The summed E-state index contributed by atoms with van der Waals surface area (Å²) in [5.41, 5.74) is 3.51. The van der Waals surface area contributed by atoms with Crippen molar-refractivity contribution in [1.29, 1.82) is 0 Å². The monoisotopic (exact) mass is 609 g/mol. The predicted octanol–water partition coefficient (Wildman–Crippen LogP) is 4.80. The molecule has 2 N–H and O–H groups in total. The number of pyridine rings is 1. The maximum atomic E-state index is 14.0. The smallest absolute Gasteiger partial charge is 0.271 e. The van der Waals surface area contributed by atoms with E-state index in [0.717, 1.165) is 22.3 Å². The van der Waals surface area contributed by atoms with Crippen molar-refractivity contribution in [3.63, 3.8) is 0 Å². The molecule has 45 heavy (non-hydrogen) atoms. The van der Waals surface area contributed by atoms with E-state index in [1.54, 1.807) is 31.3 Å². The van der Waals surface area contributed by atoms with Gasteiger partial charge in [0, 0.05) is 25.6 Å². The van der Waals surface area contributed by atoms with Crippen LogP contribution in [0.4, 0.5) is 0 Å². The normalized spacial score (nSPS) is 16.5. The quantitative estimate of drug-likeness (QED) is 0.342. The van der Waals surface area contributed by atoms with Gasteiger partial charge in [-0.3, -0.25) is 14.4 Å². The highest BCUT2D eigenvalue weighted by atomic mass is 16.5. The van der Waals surface area contributed by atoms with Crippen molar-refractivity contribution < 1.29 is 28.5 Å². The maximum absolute atomic E-state index is 14.0. The van der Waals surface area contributed by atoms with E-state index in [1.165, 1.54) is 6.07 Å². The molecular weight excluding hydrogens is 574 g/mol. The summed E-state index contributed by atoms with van der Waals surface area (Å²) < 4.78 is 23.9. The number of carbonyl (C=O) groups is 2. The number of ether oxygens (including phenoxy) is 4. The molecule has 0 spiro atoms. The first-order valence-corrected chi connectivity index (χ1v) is 15.0. The standard InChI is InChI=1S/C35H35N3O7/c1-42-28-12-11-24-20-30(28)44-17-5-15-36-32(39)13-10-22-6-3-7-25(18-22)45-31-19-23-14-16-38(34(24)26(23)21-29(31)43-2)35(41)27-8-4-9-33(40)37-27/h3-4,6-9,11-12,18-21,34H,5,10,13-17H2,1-2H3,(H,36,39)(H,37,40). The van der Waals surface area contributed by atoms with Crippen LogP contribution >= 0.6 is 0 Å². The summed E-state index contributed by atoms with van der Waals surface area (Å²) in [5.74, 6) is 2.42. The Labute approximate surface area is 260 Å². The summed E-state index contributed by atoms with van der Waals surface area (Å²) in [6.45, 7) is 1.22. The van der Waals surface area contributed by atoms with Gasteiger partial charge >= 0.3 is 0 Å². The third-order valence-electron chi connectivity index (χ3n) is 8.08. The average Bonchev–Trinajstić information content (AvgIpc) is 3.05. The van der Waals surface area contributed by atoms with Gasteiger partial charge in [0.2, 0.25) is 11.5 Å². The minimum Gasteiger partial charge on any atom is -0.493 e. The number of hydrogen-bond acceptors (Lipinski definition) is 7. The van der Waals surface area contributed by atoms with Gasteiger partial charge in [0.1, 0.15) is 11.4 Å². The Balaban J connectivity index is 1.48. The van der Waals surface area contributed by atoms with E-state index in [0.29, 0.717) is 74.1 Å². The van der Waals surface area contributed by atoms with Crippen LogP contribution in [-0.2, 0) is 17.6 Å². The number of nitrogens with zero attached hydrogens (tertiary/aromatic N) is 1. The lowest BCUT2D eigenvalue weighted by Gasteiger charge is -2.38. The maximum Gasteiger partial charge on any atom is 0.271 e. The van der Waals surface area contributed by atoms with E-state index in [1.807, 2.05) is 54.6 Å². The number of fused-ring (bicyclic) bond motifs is 8. The summed E-state index contributed by atoms with van der Waals surface area (Å²) in [4.78, 5) is 43.0. The second kappa shape index (κ2) is 13.2. The lowest BCUT2D eigenvalue weighted by Crippen LogP contribution is -2.41. The lowest BCUT2D eigenvalue weighted by molar-refractivity contribution is -0.121. The Morgan fingerprint density at radius 1 is 0.889 bits per heavy atom. The average molecular weight is 610 g/mol. The molecule has 4 heterocycles. The topological polar surface area (TPSA) is 119 Å². The highest BCUT2D eigenvalue weighted by Crippen LogP contribution is 2.44. The Hall–Kier alpha value is -5.25. The fourth-order valence-corrected chi connectivity index (χ4v) is 5.87. The first kappa shape index (κ1) is 29.8. The van der Waals surface area contributed by atoms with Gasteiger partial charge in [0.25, 0.3) is 5.91 Å². The molecule has 0 aliphatic carbocycles. The summed E-state index contributed by atoms with van der Waals surface area (Å²) in [5, 5.41) is 2.96. The van der Waals surface area contributed by atoms with E-state index in [-0.39, 0.29) is 23.1 Å². The molecule has 1 atom stereocenters. The van der Waals surface area contributed by atoms with E-state index in [2.05, 4.69) is 10.3 Å². The number of carbonyl (C=O) groups excluding carboxylic acids is 2. The number of methoxy groups -OCH3 is 2. The third-order valence-corrected chi connectivity index (χ3v) is 8.08. The van der Waals surface area contributed by atoms with E-state index in [9.17, 15) is 14.4 Å². The number of aryl methyl sites for hydroxylation is 1. The van der Waals surface area contributed by atoms with Crippen LogP contribution in [0, 0.1) is 0 Å². The number of H-pyrrole nitrogens is 1. The van der Waals surface area contributed by atoms with Gasteiger partial charge in [-0.2, -0.15) is 0 Å². The molecule has 1 unspecified atom stereocenters. The lowest BCUT2D eigenvalue weighted by atomic mass is 9.87. The first-order valence-electron chi connectivity index (χ1n) is 15.0. The molecule has 7 rings (SSSR count). The molecule has 0 saturated carbocycles. The number of nitrogens with one attached hydrogen (secondary N) is 2. The summed E-state index contributed by atoms with van der Waals surface area (Å²) >= 11 is 0. The fraction of sp³-hybridized carbons (Fsp3) is 0.286. The molecule has 4 aromatic rings. The number of benzene rings is 3. The van der Waals surface area contributed by atoms with Crippen molar-refractivity contribution in [3.8, 4) is 28.7 Å². The molecule has 232 valence electrons. The van der Waals surface area contributed by atoms with E-state index in [4.69, 9.17) is 18.9 Å². The van der Waals surface area contributed by atoms with Crippen molar-refractivity contribution in [3.05, 3.63) is 111 Å². The van der Waals surface area contributed by atoms with Crippen molar-refractivity contribution in [2.75, 3.05) is 33.9 Å². The Morgan fingerprint density at radius 3 is 2.56 bits per heavy atom. The van der Waals surface area contributed by atoms with Gasteiger partial charge in [-0.05, 0) is 84.0 Å². The molecule has 10 nitrogen and oxygen atoms in total. The van der Waals surface area contributed by atoms with Crippen molar-refractivity contribution in [1.82, 2.24) is 15.2 Å². The van der Waals surface area contributed by atoms with Gasteiger partial charge in [0.05, 0.1) is 26.9 Å². The second-order valence-electron chi connectivity index (χ2n) is 11.0. The van der Waals surface area contributed by atoms with E-state index >= 15 is 0 Å². The van der Waals surface area contributed by atoms with Crippen molar-refractivity contribution in [2.24, 2.45) is 0 Å². The zero-order valence-electron chi connectivity index (χ0n) is 25.3. The predicted molar refractivity (Wildman–Crippen MR) is 168 cm³/mol. The van der Waals surface area contributed by atoms with Crippen LogP contribution in [-0.4, -0.2) is 55.6 Å². The Bertz CT molecular complexity index is 1780. The summed E-state index contributed by atoms with van der Waals surface area (Å²) in [7, 11) is 3.16. The van der Waals surface area contributed by atoms with Crippen molar-refractivity contribution in [2.45, 2.75) is 31.7 Å². The minimum atomic E-state index is -0.533. The van der Waals surface area contributed by atoms with Crippen LogP contribution in [0.1, 0.15) is 51.6 Å². The molecule has 2 amide bonds. The van der Waals surface area contributed by atoms with Gasteiger partial charge in [0.15, 0.2) is 23.0 Å². The largest absolute Gasteiger partial charge is 0.493 e. The molecule has 0 fully saturated rings. The second-order valence-corrected chi connectivity index (χ2v) is 11.0. The van der Waals surface area contributed by atoms with Crippen LogP contribution in [0.3, 0.4) is 0 Å². The van der Waals surface area contributed by atoms with E-state index < -0.39 is 6.04 Å². The van der Waals surface area contributed by atoms with Gasteiger partial charge in [-0.25, -0.2) is 0 Å². The molecular formula is C35H35N3O7. The molecule has 1 aromatic heterocycles. The highest BCUT2D eigenvalue weighted by Gasteiger charge is 2.35. The van der Waals surface area contributed by atoms with Crippen LogP contribution in [0.2, 0.25) is 0 Å².